The summed E-state index contributed by atoms with van der Waals surface area (Å²) in [6.45, 7) is 0. The Morgan fingerprint density at radius 1 is 0.407 bits per heavy atom. The van der Waals surface area contributed by atoms with Crippen LogP contribution in [0.25, 0.3) is 0 Å². The summed E-state index contributed by atoms with van der Waals surface area (Å²) in [6, 6.07) is 0. The first-order chi connectivity index (χ1) is 11.4. The molecule has 164 valence electrons. The molecule has 0 radical (unpaired) electrons. The molecule has 0 rings (SSSR count). The van der Waals surface area contributed by atoms with E-state index in [9.17, 15) is 0 Å². The highest BCUT2D eigenvalue weighted by atomic mass is 28.1. The van der Waals surface area contributed by atoms with E-state index >= 15 is 0 Å². The molecule has 27 heteroatoms. The molecule has 0 saturated heterocycles. The van der Waals surface area contributed by atoms with Gasteiger partial charge < -0.3 is 35.7 Å². The van der Waals surface area contributed by atoms with Crippen molar-refractivity contribution in [2.45, 2.75) is 0 Å². The van der Waals surface area contributed by atoms with Gasteiger partial charge in [0.15, 0.2) is 0 Å². The van der Waals surface area contributed by atoms with Crippen molar-refractivity contribution in [1.82, 2.24) is 0 Å². The quantitative estimate of drug-likeness (QED) is 0.113. The van der Waals surface area contributed by atoms with Crippen molar-refractivity contribution in [2.75, 3.05) is 0 Å². The summed E-state index contributed by atoms with van der Waals surface area (Å²) in [6.07, 6.45) is 0. The van der Waals surface area contributed by atoms with Crippen LogP contribution in [-0.2, 0) is 4.46 Å². The molecular formula is H12N6O19Si2. The molecule has 0 heterocycles. The summed E-state index contributed by atoms with van der Waals surface area (Å²) in [4.78, 5) is 50.2. The first-order valence-electron chi connectivity index (χ1n) is 3.68. The first kappa shape index (κ1) is 49.5. The molecule has 27 heavy (non-hydrogen) atoms. The molecule has 0 aliphatic heterocycles. The summed E-state index contributed by atoms with van der Waals surface area (Å²) < 4.78 is 8.28. The van der Waals surface area contributed by atoms with Crippen molar-refractivity contribution in [3.8, 4) is 0 Å². The number of hydrogen-bond donors (Lipinski definition) is 6. The van der Waals surface area contributed by atoms with Crippen molar-refractivity contribution >= 4 is 21.1 Å². The average Bonchev–Trinajstić information content (AvgIpc) is 2.25. The van der Waals surface area contributed by atoms with E-state index in [0.29, 0.717) is 10.1 Å². The fourth-order valence-corrected chi connectivity index (χ4v) is 0. The van der Waals surface area contributed by atoms with Crippen LogP contribution in [0.3, 0.4) is 0 Å². The van der Waals surface area contributed by atoms with Gasteiger partial charge in [-0.3, -0.25) is 0 Å². The number of rotatable bonds is 0. The maximum Gasteiger partial charge on any atom is 0.291 e. The van der Waals surface area contributed by atoms with Crippen LogP contribution in [0.4, 0.5) is 0 Å². The molecule has 0 atom stereocenters. The first-order valence-corrected chi connectivity index (χ1v) is 4.26. The molecule has 0 aliphatic carbocycles. The van der Waals surface area contributed by atoms with E-state index in [2.05, 4.69) is 0 Å². The Labute approximate surface area is 149 Å². The highest BCUT2D eigenvalue weighted by molar-refractivity contribution is 5.85. The third-order valence-electron chi connectivity index (χ3n) is 0. The molecule has 0 bridgehead atoms. The lowest BCUT2D eigenvalue weighted by Crippen LogP contribution is -1.81. The van der Waals surface area contributed by atoms with E-state index in [1.165, 1.54) is 0 Å². The van der Waals surface area contributed by atoms with Crippen LogP contribution in [0.1, 0.15) is 0 Å². The molecule has 25 nitrogen and oxygen atoms in total. The fourth-order valence-electron chi connectivity index (χ4n) is 0. The van der Waals surface area contributed by atoms with Gasteiger partial charge >= 0.3 is 0 Å². The molecule has 0 spiro atoms. The minimum absolute atomic E-state index is 0. The Morgan fingerprint density at radius 2 is 0.407 bits per heavy atom. The predicted octanol–water partition coefficient (Wildman–Crippen LogP) is -4.57. The predicted molar refractivity (Wildman–Crippen MR) is 73.2 cm³/mol. The monoisotopic (exact) mass is 456 g/mol. The number of nitrogens with zero attached hydrogens (tertiary/aromatic N) is 6. The van der Waals surface area contributed by atoms with Crippen LogP contribution in [0.2, 0.25) is 0 Å². The molecule has 0 aliphatic rings. The van der Waals surface area contributed by atoms with E-state index in [4.69, 9.17) is 96.4 Å². The molecule has 6 N–H and O–H groups in total. The Bertz CT molecular complexity index is 275. The average molecular weight is 456 g/mol. The van der Waals surface area contributed by atoms with Gasteiger partial charge in [0.25, 0.3) is 30.5 Å². The zero-order valence-corrected chi connectivity index (χ0v) is 12.8. The van der Waals surface area contributed by atoms with E-state index in [1.54, 1.807) is 0 Å². The summed E-state index contributed by atoms with van der Waals surface area (Å²) in [7, 11) is 0.611. The second kappa shape index (κ2) is 49.6. The maximum atomic E-state index is 8.36. The minimum atomic E-state index is -1.50. The van der Waals surface area contributed by atoms with Gasteiger partial charge in [-0.25, -0.2) is 0 Å². The van der Waals surface area contributed by atoms with Crippen LogP contribution < -0.4 is 0 Å². The zero-order valence-electron chi connectivity index (χ0n) is 11.4. The molecule has 0 unspecified atom stereocenters. The summed E-state index contributed by atoms with van der Waals surface area (Å²) >= 11 is 0. The second-order valence-electron chi connectivity index (χ2n) is 1.43. The molecule has 0 aromatic heterocycles. The van der Waals surface area contributed by atoms with Crippen LogP contribution in [-0.4, -0.2) is 82.9 Å². The molecule has 0 aromatic rings. The number of hydrogen-bond acceptors (Lipinski definition) is 13. The SMILES string of the molecule is O=[N+]([O-])O.O=[N+]([O-])O.O=[N+]([O-])O.O=[N+]([O-])O.O=[N+]([O-])O.O=[N+]([O-])O.O=[SiH2].[SiH4]. The summed E-state index contributed by atoms with van der Waals surface area (Å²) in [5.41, 5.74) is 0. The normalized spacial score (nSPS) is 5.48. The lowest BCUT2D eigenvalue weighted by molar-refractivity contribution is -0.742. The van der Waals surface area contributed by atoms with Gasteiger partial charge in [0.1, 0.15) is 0 Å². The Balaban J connectivity index is -0.0000000260. The third-order valence-corrected chi connectivity index (χ3v) is 0. The van der Waals surface area contributed by atoms with Gasteiger partial charge in [-0.2, -0.15) is 0 Å². The molecular weight excluding hydrogens is 444 g/mol. The maximum absolute atomic E-state index is 8.36. The summed E-state index contributed by atoms with van der Waals surface area (Å²) in [5, 5.41) is 81.8. The zero-order chi connectivity index (χ0) is 23.5. The van der Waals surface area contributed by atoms with Gasteiger partial charge in [-0.05, 0) is 11.0 Å². The highest BCUT2D eigenvalue weighted by Gasteiger charge is 1.67. The van der Waals surface area contributed by atoms with Crippen LogP contribution in [0.15, 0.2) is 0 Å². The lowest BCUT2D eigenvalue weighted by atomic mass is 13.1. The lowest BCUT2D eigenvalue weighted by Gasteiger charge is -1.56. The van der Waals surface area contributed by atoms with Crippen molar-refractivity contribution in [3.05, 3.63) is 60.7 Å². The van der Waals surface area contributed by atoms with Gasteiger partial charge in [0.2, 0.25) is 10.1 Å². The topological polar surface area (TPSA) is 397 Å². The van der Waals surface area contributed by atoms with Crippen LogP contribution in [0.5, 0.6) is 0 Å². The standard InChI is InChI=1S/6HNO3.H2OSi.H4Si/c6*2-1(3)4;1-2;/h6*(H,2,3,4);2H2;1H4. The highest BCUT2D eigenvalue weighted by Crippen LogP contribution is 1.40. The van der Waals surface area contributed by atoms with Crippen LogP contribution in [0, 0.1) is 60.7 Å². The smallest absolute Gasteiger partial charge is 0.291 e. The van der Waals surface area contributed by atoms with Crippen molar-refractivity contribution < 1.29 is 66.2 Å². The summed E-state index contributed by atoms with van der Waals surface area (Å²) in [5.74, 6) is 0. The van der Waals surface area contributed by atoms with Gasteiger partial charge in [0.05, 0.1) is 0 Å². The molecule has 0 saturated carbocycles. The Hall–Kier alpha value is -4.57. The van der Waals surface area contributed by atoms with Gasteiger partial charge in [0, 0.05) is 0 Å². The Morgan fingerprint density at radius 3 is 0.407 bits per heavy atom. The van der Waals surface area contributed by atoms with Gasteiger partial charge in [-0.1, -0.05) is 0 Å². The van der Waals surface area contributed by atoms with E-state index in [-0.39, 0.29) is 11.0 Å². The van der Waals surface area contributed by atoms with Gasteiger partial charge in [-0.15, -0.1) is 60.7 Å². The van der Waals surface area contributed by atoms with E-state index in [1.807, 2.05) is 0 Å². The fraction of sp³-hybridized carbons (Fsp3) is 0. The van der Waals surface area contributed by atoms with E-state index < -0.39 is 30.5 Å². The molecule has 0 amide bonds. The third kappa shape index (κ3) is 388. The Kier molecular flexibility index (Phi) is 90.9. The van der Waals surface area contributed by atoms with Crippen molar-refractivity contribution in [1.29, 1.82) is 0 Å². The molecule has 0 fully saturated rings. The minimum Gasteiger partial charge on any atom is -0.396 e. The van der Waals surface area contributed by atoms with Crippen molar-refractivity contribution in [3.63, 3.8) is 0 Å². The van der Waals surface area contributed by atoms with Crippen LogP contribution >= 0.6 is 0 Å². The second-order valence-corrected chi connectivity index (χ2v) is 1.43. The van der Waals surface area contributed by atoms with Crippen molar-refractivity contribution in [2.24, 2.45) is 0 Å². The largest absolute Gasteiger partial charge is 0.396 e. The molecule has 0 aromatic carbocycles. The van der Waals surface area contributed by atoms with E-state index in [0.717, 1.165) is 0 Å².